The van der Waals surface area contributed by atoms with Crippen molar-refractivity contribution >= 4 is 132 Å². The van der Waals surface area contributed by atoms with Crippen LogP contribution in [-0.2, 0) is 10.8 Å². The summed E-state index contributed by atoms with van der Waals surface area (Å²) in [6, 6.07) is 75.5. The zero-order chi connectivity index (χ0) is 49.8. The molecule has 5 heterocycles. The molecular weight excluding hydrogens is 901 g/mol. The Morgan fingerprint density at radius 2 is 0.635 bits per heavy atom. The summed E-state index contributed by atoms with van der Waals surface area (Å²) in [6.45, 7) is 13.9. The summed E-state index contributed by atoms with van der Waals surface area (Å²) in [6.07, 6.45) is 0. The average Bonchev–Trinajstić information content (AvgIpc) is 4.30. The zero-order valence-corrected chi connectivity index (χ0v) is 42.3. The van der Waals surface area contributed by atoms with Gasteiger partial charge < -0.3 is 9.80 Å². The van der Waals surface area contributed by atoms with E-state index in [1.165, 1.54) is 43.4 Å². The van der Waals surface area contributed by atoms with Crippen molar-refractivity contribution in [2.75, 3.05) is 9.80 Å². The fourth-order valence-electron chi connectivity index (χ4n) is 12.2. The molecule has 0 aliphatic rings. The summed E-state index contributed by atoms with van der Waals surface area (Å²) < 4.78 is 4.94. The van der Waals surface area contributed by atoms with Crippen molar-refractivity contribution in [1.29, 1.82) is 0 Å². The van der Waals surface area contributed by atoms with Gasteiger partial charge in [-0.05, 0) is 128 Å². The minimum atomic E-state index is -0.141. The van der Waals surface area contributed by atoms with Gasteiger partial charge in [0.25, 0.3) is 0 Å². The molecule has 0 amide bonds. The van der Waals surface area contributed by atoms with E-state index < -0.39 is 0 Å². The first-order valence-corrected chi connectivity index (χ1v) is 25.8. The van der Waals surface area contributed by atoms with Crippen LogP contribution in [0.25, 0.3) is 98.3 Å². The Morgan fingerprint density at radius 3 is 0.973 bits per heavy atom. The van der Waals surface area contributed by atoms with Gasteiger partial charge in [0, 0.05) is 55.1 Å². The average molecular weight is 953 g/mol. The predicted octanol–water partition coefficient (Wildman–Crippen LogP) is 18.6. The molecule has 0 fully saturated rings. The summed E-state index contributed by atoms with van der Waals surface area (Å²) in [5.41, 5.74) is 16.8. The standard InChI is InChI=1S/C68H52N6/c1-67(2,3)43-37-53-51-35-41-23-19-21-33-49(41)57-59-65(73(63(51)57)61(53)55(39-43)71(45-25-11-7-12-26-45)46-27-13-8-14-28-46)69-60-58-50-34-22-20-24-42(50)36-52-54-38-44(68(4,5)6)40-56(62(54)74(64(52)58)66(60)70-59)72(47-29-15-9-16-30-47)48-31-17-10-18-32-48/h7-40H,1-6H3. The first kappa shape index (κ1) is 42.7. The van der Waals surface area contributed by atoms with Gasteiger partial charge in [-0.2, -0.15) is 0 Å². The van der Waals surface area contributed by atoms with Crippen LogP contribution >= 0.6 is 0 Å². The largest absolute Gasteiger partial charge is 0.308 e. The van der Waals surface area contributed by atoms with Gasteiger partial charge in [0.2, 0.25) is 0 Å². The molecule has 5 aromatic heterocycles. The zero-order valence-electron chi connectivity index (χ0n) is 42.3. The molecule has 0 saturated heterocycles. The maximum atomic E-state index is 6.08. The molecule has 74 heavy (non-hydrogen) atoms. The second-order valence-corrected chi connectivity index (χ2v) is 22.3. The topological polar surface area (TPSA) is 41.1 Å². The molecule has 0 radical (unpaired) electrons. The van der Waals surface area contributed by atoms with Crippen LogP contribution in [0, 0.1) is 0 Å². The number of hydrogen-bond donors (Lipinski definition) is 0. The molecule has 6 heteroatoms. The van der Waals surface area contributed by atoms with Gasteiger partial charge in [0.05, 0.1) is 33.4 Å². The van der Waals surface area contributed by atoms with E-state index in [-0.39, 0.29) is 10.8 Å². The number of fused-ring (bicyclic) bond motifs is 16. The highest BCUT2D eigenvalue weighted by atomic mass is 15.2. The van der Waals surface area contributed by atoms with Crippen molar-refractivity contribution in [3.63, 3.8) is 0 Å². The molecule has 354 valence electrons. The highest BCUT2D eigenvalue weighted by Gasteiger charge is 2.32. The minimum Gasteiger partial charge on any atom is -0.308 e. The Bertz CT molecular complexity index is 4330. The molecule has 6 nitrogen and oxygen atoms in total. The summed E-state index contributed by atoms with van der Waals surface area (Å²) in [5, 5.41) is 11.7. The number of benzene rings is 10. The molecule has 10 aromatic carbocycles. The molecule has 15 rings (SSSR count). The van der Waals surface area contributed by atoms with Gasteiger partial charge in [-0.3, -0.25) is 8.80 Å². The number of hydrogen-bond acceptors (Lipinski definition) is 4. The number of aromatic nitrogens is 4. The minimum absolute atomic E-state index is 0.141. The molecule has 0 aliphatic carbocycles. The molecule has 0 saturated carbocycles. The van der Waals surface area contributed by atoms with E-state index in [9.17, 15) is 0 Å². The maximum Gasteiger partial charge on any atom is 0.165 e. The van der Waals surface area contributed by atoms with Crippen LogP contribution < -0.4 is 9.80 Å². The molecular formula is C68H52N6. The fraction of sp³-hybridized carbons (Fsp3) is 0.118. The monoisotopic (exact) mass is 952 g/mol. The van der Waals surface area contributed by atoms with Gasteiger partial charge in [-0.25, -0.2) is 9.97 Å². The Balaban J connectivity index is 1.18. The third kappa shape index (κ3) is 5.99. The quantitative estimate of drug-likeness (QED) is 0.167. The van der Waals surface area contributed by atoms with Crippen LogP contribution in [0.3, 0.4) is 0 Å². The summed E-state index contributed by atoms with van der Waals surface area (Å²) in [7, 11) is 0. The number of rotatable bonds is 6. The lowest BCUT2D eigenvalue weighted by Gasteiger charge is -2.29. The first-order valence-electron chi connectivity index (χ1n) is 25.8. The fourth-order valence-corrected chi connectivity index (χ4v) is 12.2. The molecule has 0 aliphatic heterocycles. The number of para-hydroxylation sites is 4. The smallest absolute Gasteiger partial charge is 0.165 e. The van der Waals surface area contributed by atoms with Gasteiger partial charge in [-0.15, -0.1) is 0 Å². The highest BCUT2D eigenvalue weighted by molar-refractivity contribution is 6.35. The lowest BCUT2D eigenvalue weighted by Crippen LogP contribution is -2.15. The molecule has 15 aromatic rings. The van der Waals surface area contributed by atoms with Gasteiger partial charge in [0.1, 0.15) is 11.0 Å². The third-order valence-corrected chi connectivity index (χ3v) is 15.7. The van der Waals surface area contributed by atoms with E-state index >= 15 is 0 Å². The predicted molar refractivity (Wildman–Crippen MR) is 313 cm³/mol. The van der Waals surface area contributed by atoms with Gasteiger partial charge in [0.15, 0.2) is 11.3 Å². The van der Waals surface area contributed by atoms with Gasteiger partial charge in [-0.1, -0.05) is 163 Å². The lowest BCUT2D eigenvalue weighted by molar-refractivity contribution is 0.591. The van der Waals surface area contributed by atoms with Crippen LogP contribution in [0.1, 0.15) is 52.7 Å². The molecule has 0 bridgehead atoms. The molecule has 0 unspecified atom stereocenters. The summed E-state index contributed by atoms with van der Waals surface area (Å²) in [4.78, 5) is 17.0. The van der Waals surface area contributed by atoms with E-state index in [1.54, 1.807) is 0 Å². The van der Waals surface area contributed by atoms with E-state index in [0.29, 0.717) is 0 Å². The summed E-state index contributed by atoms with van der Waals surface area (Å²) >= 11 is 0. The van der Waals surface area contributed by atoms with Crippen molar-refractivity contribution in [3.05, 3.63) is 217 Å². The Labute approximate surface area is 428 Å². The second kappa shape index (κ2) is 15.3. The third-order valence-electron chi connectivity index (χ3n) is 15.7. The van der Waals surface area contributed by atoms with Gasteiger partial charge >= 0.3 is 0 Å². The van der Waals surface area contributed by atoms with E-state index in [4.69, 9.17) is 9.97 Å². The van der Waals surface area contributed by atoms with E-state index in [0.717, 1.165) is 100 Å². The highest BCUT2D eigenvalue weighted by Crippen LogP contribution is 2.52. The SMILES string of the molecule is CC(C)(C)c1cc(N(c2ccccc2)c2ccccc2)c2c(c1)c1cc3ccccc3c3c4nc5c(nc4n2c13)c1c2ccccc2cc2c3cc(C(C)(C)C)cc(N(c4ccccc4)c4ccccc4)c3n5c21. The number of nitrogens with zero attached hydrogens (tertiary/aromatic N) is 6. The van der Waals surface area contributed by atoms with E-state index in [1.807, 2.05) is 0 Å². The first-order chi connectivity index (χ1) is 36.0. The molecule has 0 N–H and O–H groups in total. The van der Waals surface area contributed by atoms with Crippen LogP contribution in [-0.4, -0.2) is 18.8 Å². The molecule has 0 atom stereocenters. The van der Waals surface area contributed by atoms with Crippen LogP contribution in [0.15, 0.2) is 206 Å². The van der Waals surface area contributed by atoms with Crippen LogP contribution in [0.4, 0.5) is 34.1 Å². The lowest BCUT2D eigenvalue weighted by atomic mass is 9.85. The van der Waals surface area contributed by atoms with E-state index in [2.05, 4.69) is 266 Å². The van der Waals surface area contributed by atoms with Crippen molar-refractivity contribution in [2.45, 2.75) is 52.4 Å². The summed E-state index contributed by atoms with van der Waals surface area (Å²) in [5.74, 6) is 0. The normalized spacial score (nSPS) is 12.7. The Morgan fingerprint density at radius 1 is 0.324 bits per heavy atom. The molecule has 0 spiro atoms. The second-order valence-electron chi connectivity index (χ2n) is 22.3. The number of anilines is 6. The van der Waals surface area contributed by atoms with Crippen molar-refractivity contribution < 1.29 is 0 Å². The Kier molecular flexibility index (Phi) is 8.80. The van der Waals surface area contributed by atoms with Crippen molar-refractivity contribution in [3.8, 4) is 0 Å². The van der Waals surface area contributed by atoms with Crippen molar-refractivity contribution in [1.82, 2.24) is 18.8 Å². The van der Waals surface area contributed by atoms with Crippen LogP contribution in [0.2, 0.25) is 0 Å². The van der Waals surface area contributed by atoms with Crippen LogP contribution in [0.5, 0.6) is 0 Å². The Hall–Kier alpha value is -9.00. The maximum absolute atomic E-state index is 6.08. The van der Waals surface area contributed by atoms with Crippen molar-refractivity contribution in [2.24, 2.45) is 0 Å².